The Morgan fingerprint density at radius 3 is 2.64 bits per heavy atom. The minimum atomic E-state index is 0. The molecule has 14 heavy (non-hydrogen) atoms. The molecule has 2 N–H and O–H groups in total. The highest BCUT2D eigenvalue weighted by Crippen LogP contribution is 2.27. The van der Waals surface area contributed by atoms with Gasteiger partial charge in [-0.3, -0.25) is 0 Å². The van der Waals surface area contributed by atoms with E-state index in [9.17, 15) is 0 Å². The van der Waals surface area contributed by atoms with E-state index in [1.165, 1.54) is 0 Å². The highest BCUT2D eigenvalue weighted by molar-refractivity contribution is 9.11. The van der Waals surface area contributed by atoms with Gasteiger partial charge in [0.2, 0.25) is 0 Å². The summed E-state index contributed by atoms with van der Waals surface area (Å²) in [5, 5.41) is 0. The summed E-state index contributed by atoms with van der Waals surface area (Å²) in [6, 6.07) is 6.01. The van der Waals surface area contributed by atoms with Crippen molar-refractivity contribution in [1.29, 1.82) is 0 Å². The second-order valence-electron chi connectivity index (χ2n) is 2.80. The van der Waals surface area contributed by atoms with Crippen LogP contribution >= 0.6 is 44.3 Å². The standard InChI is InChI=1S/C10H11Br2N.ClH/c1-2-3-10(13)8-6-7(11)4-5-9(8)12;/h2,4-6,10H,1,3,13H2;1H/t10-;/m1./s1. The van der Waals surface area contributed by atoms with Gasteiger partial charge >= 0.3 is 0 Å². The van der Waals surface area contributed by atoms with E-state index in [1.807, 2.05) is 24.3 Å². The summed E-state index contributed by atoms with van der Waals surface area (Å²) >= 11 is 6.88. The van der Waals surface area contributed by atoms with E-state index in [-0.39, 0.29) is 18.4 Å². The molecule has 0 saturated heterocycles. The van der Waals surface area contributed by atoms with Crippen LogP contribution in [0.3, 0.4) is 0 Å². The molecule has 0 heterocycles. The van der Waals surface area contributed by atoms with Crippen LogP contribution in [0.4, 0.5) is 0 Å². The Hall–Kier alpha value is 0.170. The van der Waals surface area contributed by atoms with Crippen molar-refractivity contribution in [2.24, 2.45) is 5.73 Å². The van der Waals surface area contributed by atoms with Gasteiger partial charge in [-0.05, 0) is 30.2 Å². The van der Waals surface area contributed by atoms with Gasteiger partial charge in [-0.25, -0.2) is 0 Å². The van der Waals surface area contributed by atoms with Crippen molar-refractivity contribution in [1.82, 2.24) is 0 Å². The fourth-order valence-corrected chi connectivity index (χ4v) is 2.02. The molecule has 1 aromatic carbocycles. The maximum Gasteiger partial charge on any atom is 0.0341 e. The Labute approximate surface area is 107 Å². The molecule has 1 nitrogen and oxygen atoms in total. The summed E-state index contributed by atoms with van der Waals surface area (Å²) in [5.74, 6) is 0. The van der Waals surface area contributed by atoms with Crippen molar-refractivity contribution in [3.63, 3.8) is 0 Å². The van der Waals surface area contributed by atoms with Crippen LogP contribution in [-0.4, -0.2) is 0 Å². The predicted octanol–water partition coefficient (Wildman–Crippen LogP) is 4.21. The molecule has 0 saturated carbocycles. The Balaban J connectivity index is 0.00000169. The average Bonchev–Trinajstić information content (AvgIpc) is 2.09. The molecule has 0 unspecified atom stereocenters. The van der Waals surface area contributed by atoms with Gasteiger partial charge in [0, 0.05) is 15.0 Å². The summed E-state index contributed by atoms with van der Waals surface area (Å²) in [7, 11) is 0. The van der Waals surface area contributed by atoms with Crippen LogP contribution in [0.1, 0.15) is 18.0 Å². The number of hydrogen-bond donors (Lipinski definition) is 1. The van der Waals surface area contributed by atoms with Gasteiger partial charge in [-0.1, -0.05) is 37.9 Å². The lowest BCUT2D eigenvalue weighted by Gasteiger charge is -2.11. The molecule has 0 spiro atoms. The van der Waals surface area contributed by atoms with Gasteiger partial charge in [0.05, 0.1) is 0 Å². The molecule has 1 atom stereocenters. The van der Waals surface area contributed by atoms with Crippen LogP contribution in [0.15, 0.2) is 39.8 Å². The van der Waals surface area contributed by atoms with E-state index >= 15 is 0 Å². The predicted molar refractivity (Wildman–Crippen MR) is 70.8 cm³/mol. The van der Waals surface area contributed by atoms with E-state index in [2.05, 4.69) is 38.4 Å². The lowest BCUT2D eigenvalue weighted by atomic mass is 10.1. The van der Waals surface area contributed by atoms with E-state index < -0.39 is 0 Å². The summed E-state index contributed by atoms with van der Waals surface area (Å²) in [4.78, 5) is 0. The molecule has 0 bridgehead atoms. The molecule has 0 radical (unpaired) electrons. The quantitative estimate of drug-likeness (QED) is 0.819. The first-order valence-corrected chi connectivity index (χ1v) is 5.55. The maximum absolute atomic E-state index is 5.95. The Bertz CT molecular complexity index is 315. The van der Waals surface area contributed by atoms with E-state index in [0.29, 0.717) is 0 Å². The average molecular weight is 341 g/mol. The number of rotatable bonds is 3. The van der Waals surface area contributed by atoms with Crippen LogP contribution in [0.5, 0.6) is 0 Å². The van der Waals surface area contributed by atoms with Crippen LogP contribution in [-0.2, 0) is 0 Å². The van der Waals surface area contributed by atoms with Crippen LogP contribution in [0.2, 0.25) is 0 Å². The molecule has 0 aromatic heterocycles. The number of nitrogens with two attached hydrogens (primary N) is 1. The smallest absolute Gasteiger partial charge is 0.0341 e. The SMILES string of the molecule is C=CC[C@@H](N)c1cc(Br)ccc1Br.Cl. The molecule has 1 aromatic rings. The zero-order valence-electron chi connectivity index (χ0n) is 7.54. The highest BCUT2D eigenvalue weighted by Gasteiger charge is 2.08. The summed E-state index contributed by atoms with van der Waals surface area (Å²) in [6.07, 6.45) is 2.62. The van der Waals surface area contributed by atoms with E-state index in [0.717, 1.165) is 20.9 Å². The topological polar surface area (TPSA) is 26.0 Å². The van der Waals surface area contributed by atoms with Gasteiger partial charge in [-0.2, -0.15) is 0 Å². The molecule has 0 aliphatic heterocycles. The largest absolute Gasteiger partial charge is 0.324 e. The van der Waals surface area contributed by atoms with Crippen LogP contribution < -0.4 is 5.73 Å². The molecular formula is C10H12Br2ClN. The Morgan fingerprint density at radius 2 is 2.07 bits per heavy atom. The van der Waals surface area contributed by atoms with E-state index in [4.69, 9.17) is 5.73 Å². The fourth-order valence-electron chi connectivity index (χ4n) is 1.11. The van der Waals surface area contributed by atoms with Gasteiger partial charge in [-0.15, -0.1) is 19.0 Å². The third-order valence-corrected chi connectivity index (χ3v) is 2.99. The van der Waals surface area contributed by atoms with Crippen molar-refractivity contribution in [2.45, 2.75) is 12.5 Å². The summed E-state index contributed by atoms with van der Waals surface area (Å²) < 4.78 is 2.09. The Morgan fingerprint density at radius 1 is 1.43 bits per heavy atom. The minimum Gasteiger partial charge on any atom is -0.324 e. The molecule has 0 amide bonds. The summed E-state index contributed by atoms with van der Waals surface area (Å²) in [6.45, 7) is 3.67. The second-order valence-corrected chi connectivity index (χ2v) is 4.57. The number of hydrogen-bond acceptors (Lipinski definition) is 1. The van der Waals surface area contributed by atoms with E-state index in [1.54, 1.807) is 0 Å². The summed E-state index contributed by atoms with van der Waals surface area (Å²) in [5.41, 5.74) is 7.06. The van der Waals surface area contributed by atoms with Crippen molar-refractivity contribution < 1.29 is 0 Å². The first-order valence-electron chi connectivity index (χ1n) is 3.96. The monoisotopic (exact) mass is 339 g/mol. The van der Waals surface area contributed by atoms with Crippen LogP contribution in [0.25, 0.3) is 0 Å². The normalized spacial score (nSPS) is 11.6. The lowest BCUT2D eigenvalue weighted by molar-refractivity contribution is 0.737. The number of benzene rings is 1. The molecular weight excluding hydrogens is 329 g/mol. The zero-order valence-corrected chi connectivity index (χ0v) is 11.5. The van der Waals surface area contributed by atoms with Crippen molar-refractivity contribution in [2.75, 3.05) is 0 Å². The third-order valence-electron chi connectivity index (χ3n) is 1.78. The third kappa shape index (κ3) is 3.73. The van der Waals surface area contributed by atoms with Crippen LogP contribution in [0, 0.1) is 0 Å². The van der Waals surface area contributed by atoms with Gasteiger partial charge in [0.15, 0.2) is 0 Å². The second kappa shape index (κ2) is 6.62. The zero-order chi connectivity index (χ0) is 9.84. The molecule has 0 aliphatic carbocycles. The first-order chi connectivity index (χ1) is 6.15. The van der Waals surface area contributed by atoms with Crippen molar-refractivity contribution in [3.8, 4) is 0 Å². The van der Waals surface area contributed by atoms with Crippen molar-refractivity contribution in [3.05, 3.63) is 45.4 Å². The molecule has 78 valence electrons. The minimum absolute atomic E-state index is 0. The molecule has 4 heteroatoms. The highest BCUT2D eigenvalue weighted by atomic mass is 79.9. The van der Waals surface area contributed by atoms with Gasteiger partial charge in [0.25, 0.3) is 0 Å². The fraction of sp³-hybridized carbons (Fsp3) is 0.200. The van der Waals surface area contributed by atoms with Gasteiger partial charge < -0.3 is 5.73 Å². The Kier molecular flexibility index (Phi) is 6.70. The van der Waals surface area contributed by atoms with Gasteiger partial charge in [0.1, 0.15) is 0 Å². The first kappa shape index (κ1) is 14.2. The molecule has 1 rings (SSSR count). The lowest BCUT2D eigenvalue weighted by Crippen LogP contribution is -2.09. The maximum atomic E-state index is 5.95. The molecule has 0 fully saturated rings. The number of halogens is 3. The van der Waals surface area contributed by atoms with Crippen molar-refractivity contribution >= 4 is 44.3 Å². The molecule has 0 aliphatic rings.